The highest BCUT2D eigenvalue weighted by Gasteiger charge is 2.38. The second kappa shape index (κ2) is 13.9. The minimum atomic E-state index is -4.68. The molecule has 2 heterocycles. The van der Waals surface area contributed by atoms with Crippen molar-refractivity contribution in [3.05, 3.63) is 41.0 Å². The minimum Gasteiger partial charge on any atom is -0.495 e. The number of nitrogens with one attached hydrogen (secondary N) is 2. The highest BCUT2D eigenvalue weighted by molar-refractivity contribution is 5.96. The molecule has 1 saturated heterocycles. The number of piperidine rings is 1. The van der Waals surface area contributed by atoms with E-state index in [0.29, 0.717) is 19.0 Å². The molecule has 1 aromatic carbocycles. The summed E-state index contributed by atoms with van der Waals surface area (Å²) in [6.45, 7) is 6.15. The number of hydrogen-bond acceptors (Lipinski definition) is 7. The van der Waals surface area contributed by atoms with Crippen LogP contribution in [0.5, 0.6) is 5.75 Å². The van der Waals surface area contributed by atoms with E-state index < -0.39 is 23.5 Å². The average molecular weight is 609 g/mol. The van der Waals surface area contributed by atoms with Gasteiger partial charge in [-0.15, -0.1) is 0 Å². The summed E-state index contributed by atoms with van der Waals surface area (Å²) in [5.41, 5.74) is -1.30. The maximum atomic E-state index is 15.2. The number of benzene rings is 1. The Balaban J connectivity index is 1.56. The lowest BCUT2D eigenvalue weighted by molar-refractivity contribution is -0.139. The van der Waals surface area contributed by atoms with Crippen molar-refractivity contribution in [2.24, 2.45) is 5.92 Å². The fraction of sp³-hybridized carbons (Fsp3) is 0.600. The third kappa shape index (κ3) is 7.92. The number of carbonyl (C=O) groups excluding carboxylic acids is 2. The fourth-order valence-corrected chi connectivity index (χ4v) is 6.06. The molecule has 0 spiro atoms. The zero-order valence-corrected chi connectivity index (χ0v) is 25.1. The first-order valence-corrected chi connectivity index (χ1v) is 14.8. The maximum Gasteiger partial charge on any atom is 0.419 e. The molecule has 2 fully saturated rings. The second-order valence-corrected chi connectivity index (χ2v) is 11.3. The lowest BCUT2D eigenvalue weighted by Crippen LogP contribution is -2.44. The fourth-order valence-electron chi connectivity index (χ4n) is 6.06. The standard InChI is InChI=1S/C30H40F4N6O3/c1-5-40-12-10-20(11-13-40)36-28(42)21-15-27(43-4)25(16-23(21)31)38-29-35-17-22(30(32,33)34)24(37-29)14-19-8-6-7-9-26(19)39(3)18(2)41/h15-17,19-20,26H,5-14H2,1-4H3,(H,36,42)(H,35,37,38)/t19-,26+/m0/s1. The highest BCUT2D eigenvalue weighted by Crippen LogP contribution is 2.37. The molecule has 1 aliphatic carbocycles. The normalized spacial score (nSPS) is 20.0. The molecule has 236 valence electrons. The maximum absolute atomic E-state index is 15.2. The molecule has 0 bridgehead atoms. The summed E-state index contributed by atoms with van der Waals surface area (Å²) in [6, 6.07) is 2.03. The monoisotopic (exact) mass is 608 g/mol. The molecule has 2 N–H and O–H groups in total. The van der Waals surface area contributed by atoms with Crippen LogP contribution >= 0.6 is 0 Å². The topological polar surface area (TPSA) is 99.7 Å². The Kier molecular flexibility index (Phi) is 10.5. The summed E-state index contributed by atoms with van der Waals surface area (Å²) in [7, 11) is 3.01. The van der Waals surface area contributed by atoms with Crippen molar-refractivity contribution in [3.63, 3.8) is 0 Å². The van der Waals surface area contributed by atoms with Crippen LogP contribution < -0.4 is 15.4 Å². The van der Waals surface area contributed by atoms with Crippen LogP contribution in [-0.4, -0.2) is 77.5 Å². The molecule has 43 heavy (non-hydrogen) atoms. The van der Waals surface area contributed by atoms with E-state index in [-0.39, 0.29) is 59.0 Å². The van der Waals surface area contributed by atoms with E-state index in [4.69, 9.17) is 4.74 Å². The molecule has 2 aliphatic rings. The van der Waals surface area contributed by atoms with Crippen molar-refractivity contribution in [2.75, 3.05) is 39.1 Å². The number of rotatable bonds is 9. The molecule has 1 aromatic heterocycles. The van der Waals surface area contributed by atoms with Gasteiger partial charge in [-0.2, -0.15) is 13.2 Å². The number of likely N-dealkylation sites (tertiary alicyclic amines) is 1. The Morgan fingerprint density at radius 3 is 2.47 bits per heavy atom. The highest BCUT2D eigenvalue weighted by atomic mass is 19.4. The van der Waals surface area contributed by atoms with E-state index >= 15 is 4.39 Å². The van der Waals surface area contributed by atoms with Crippen molar-refractivity contribution < 1.29 is 31.9 Å². The van der Waals surface area contributed by atoms with Gasteiger partial charge in [0.2, 0.25) is 11.9 Å². The van der Waals surface area contributed by atoms with Crippen molar-refractivity contribution >= 4 is 23.5 Å². The number of carbonyl (C=O) groups is 2. The number of methoxy groups -OCH3 is 1. The van der Waals surface area contributed by atoms with Crippen molar-refractivity contribution in [1.29, 1.82) is 0 Å². The van der Waals surface area contributed by atoms with Gasteiger partial charge in [0.05, 0.1) is 29.6 Å². The van der Waals surface area contributed by atoms with E-state index in [1.54, 1.807) is 11.9 Å². The van der Waals surface area contributed by atoms with E-state index in [9.17, 15) is 22.8 Å². The van der Waals surface area contributed by atoms with Crippen LogP contribution in [0, 0.1) is 11.7 Å². The van der Waals surface area contributed by atoms with Gasteiger partial charge in [0.1, 0.15) is 11.6 Å². The number of alkyl halides is 3. The van der Waals surface area contributed by atoms with Crippen LogP contribution in [0.1, 0.15) is 74.0 Å². The Morgan fingerprint density at radius 2 is 1.84 bits per heavy atom. The van der Waals surface area contributed by atoms with Crippen LogP contribution in [0.25, 0.3) is 0 Å². The molecule has 1 aliphatic heterocycles. The lowest BCUT2D eigenvalue weighted by atomic mass is 9.80. The Morgan fingerprint density at radius 1 is 1.14 bits per heavy atom. The first-order chi connectivity index (χ1) is 20.4. The van der Waals surface area contributed by atoms with Crippen LogP contribution in [0.2, 0.25) is 0 Å². The van der Waals surface area contributed by atoms with Gasteiger partial charge in [0, 0.05) is 51.4 Å². The predicted molar refractivity (Wildman–Crippen MR) is 154 cm³/mol. The van der Waals surface area contributed by atoms with Crippen LogP contribution in [0.15, 0.2) is 18.3 Å². The Labute approximate surface area is 249 Å². The summed E-state index contributed by atoms with van der Waals surface area (Å²) in [5, 5.41) is 5.66. The Hall–Kier alpha value is -3.48. The summed E-state index contributed by atoms with van der Waals surface area (Å²) < 4.78 is 62.5. The Bertz CT molecular complexity index is 1300. The number of hydrogen-bond donors (Lipinski definition) is 2. The van der Waals surface area contributed by atoms with Crippen LogP contribution in [-0.2, 0) is 17.4 Å². The molecule has 9 nitrogen and oxygen atoms in total. The molecule has 0 unspecified atom stereocenters. The van der Waals surface area contributed by atoms with Gasteiger partial charge < -0.3 is 25.2 Å². The summed E-state index contributed by atoms with van der Waals surface area (Å²) in [4.78, 5) is 36.9. The van der Waals surface area contributed by atoms with Crippen LogP contribution in [0.3, 0.4) is 0 Å². The molecule has 0 radical (unpaired) electrons. The number of aromatic nitrogens is 2. The summed E-state index contributed by atoms with van der Waals surface area (Å²) in [5.74, 6) is -1.82. The zero-order chi connectivity index (χ0) is 31.3. The summed E-state index contributed by atoms with van der Waals surface area (Å²) in [6.07, 6.45) is 0.645. The molecule has 13 heteroatoms. The number of anilines is 2. The predicted octanol–water partition coefficient (Wildman–Crippen LogP) is 5.18. The number of nitrogens with zero attached hydrogens (tertiary/aromatic N) is 4. The third-order valence-corrected chi connectivity index (χ3v) is 8.64. The average Bonchev–Trinajstić information content (AvgIpc) is 2.97. The minimum absolute atomic E-state index is 0.00385. The van der Waals surface area contributed by atoms with E-state index in [2.05, 4.69) is 32.4 Å². The van der Waals surface area contributed by atoms with Gasteiger partial charge in [0.15, 0.2) is 0 Å². The summed E-state index contributed by atoms with van der Waals surface area (Å²) >= 11 is 0. The van der Waals surface area contributed by atoms with Crippen molar-refractivity contribution in [1.82, 2.24) is 25.1 Å². The van der Waals surface area contributed by atoms with Crippen molar-refractivity contribution in [2.45, 2.75) is 77.1 Å². The zero-order valence-electron chi connectivity index (χ0n) is 25.1. The molecule has 4 rings (SSSR count). The van der Waals surface area contributed by atoms with Gasteiger partial charge in [-0.1, -0.05) is 19.8 Å². The van der Waals surface area contributed by atoms with Crippen molar-refractivity contribution in [3.8, 4) is 5.75 Å². The number of ether oxygens (including phenoxy) is 1. The molecule has 2 amide bonds. The molecular weight excluding hydrogens is 568 g/mol. The van der Waals surface area contributed by atoms with Gasteiger partial charge in [-0.25, -0.2) is 14.4 Å². The quantitative estimate of drug-likeness (QED) is 0.379. The first-order valence-electron chi connectivity index (χ1n) is 14.8. The van der Waals surface area contributed by atoms with E-state index in [1.807, 2.05) is 0 Å². The lowest BCUT2D eigenvalue weighted by Gasteiger charge is -2.37. The number of halogens is 4. The van der Waals surface area contributed by atoms with E-state index in [0.717, 1.165) is 51.4 Å². The first kappa shape index (κ1) is 32.4. The molecule has 2 atom stereocenters. The van der Waals surface area contributed by atoms with Gasteiger partial charge in [0.25, 0.3) is 5.91 Å². The smallest absolute Gasteiger partial charge is 0.419 e. The SMILES string of the molecule is CCN1CCC(NC(=O)c2cc(OC)c(Nc3ncc(C(F)(F)F)c(C[C@@H]4CCCC[C@H]4N(C)C(C)=O)n3)cc2F)CC1. The van der Waals surface area contributed by atoms with Gasteiger partial charge >= 0.3 is 6.18 Å². The van der Waals surface area contributed by atoms with Gasteiger partial charge in [-0.3, -0.25) is 9.59 Å². The van der Waals surface area contributed by atoms with E-state index in [1.165, 1.54) is 20.1 Å². The van der Waals surface area contributed by atoms with Gasteiger partial charge in [-0.05, 0) is 50.6 Å². The molecular formula is C30H40F4N6O3. The number of amides is 2. The molecule has 2 aromatic rings. The van der Waals surface area contributed by atoms with Crippen LogP contribution in [0.4, 0.5) is 29.2 Å². The molecule has 1 saturated carbocycles. The third-order valence-electron chi connectivity index (χ3n) is 8.64. The largest absolute Gasteiger partial charge is 0.495 e. The second-order valence-electron chi connectivity index (χ2n) is 11.3.